The Morgan fingerprint density at radius 2 is 1.63 bits per heavy atom. The summed E-state index contributed by atoms with van der Waals surface area (Å²) in [4.78, 5) is 13.6. The molecule has 4 rings (SSSR count). The van der Waals surface area contributed by atoms with Crippen LogP contribution in [0.5, 0.6) is 0 Å². The van der Waals surface area contributed by atoms with Gasteiger partial charge < -0.3 is 15.3 Å². The smallest absolute Gasteiger partial charge is 0.337 e. The Labute approximate surface area is 167 Å². The van der Waals surface area contributed by atoms with Gasteiger partial charge in [0.25, 0.3) is 0 Å². The van der Waals surface area contributed by atoms with Crippen molar-refractivity contribution in [1.29, 1.82) is 0 Å². The minimum Gasteiger partial charge on any atom is -0.478 e. The lowest BCUT2D eigenvalue weighted by molar-refractivity contribution is 0.0698. The Balaban J connectivity index is 1.58. The molecule has 3 aromatic rings. The number of fused-ring (bicyclic) bond motifs is 1. The van der Waals surface area contributed by atoms with Crippen LogP contribution in [0.25, 0.3) is 0 Å². The number of rotatable bonds is 4. The van der Waals surface area contributed by atoms with E-state index >= 15 is 0 Å². The van der Waals surface area contributed by atoms with Crippen molar-refractivity contribution in [1.82, 2.24) is 0 Å². The first-order valence-corrected chi connectivity index (χ1v) is 9.17. The Hall–Kier alpha value is -2.69. The van der Waals surface area contributed by atoms with Crippen LogP contribution in [0.2, 0.25) is 10.0 Å². The van der Waals surface area contributed by atoms with E-state index < -0.39 is 5.97 Å². The fourth-order valence-electron chi connectivity index (χ4n) is 3.31. The van der Waals surface area contributed by atoms with Gasteiger partial charge in [-0.05, 0) is 53.6 Å². The number of carboxylic acids is 1. The number of anilines is 3. The SMILES string of the molecule is O=C(O)c1ccccc1Nc1ccc2c(c1)CN(c1cc(Cl)cc(Cl)c1)C2. The second-order valence-corrected chi connectivity index (χ2v) is 7.32. The summed E-state index contributed by atoms with van der Waals surface area (Å²) in [6.45, 7) is 1.51. The van der Waals surface area contributed by atoms with Crippen molar-refractivity contribution in [3.63, 3.8) is 0 Å². The van der Waals surface area contributed by atoms with Crippen molar-refractivity contribution in [2.45, 2.75) is 13.1 Å². The molecule has 0 saturated heterocycles. The van der Waals surface area contributed by atoms with Gasteiger partial charge in [0.05, 0.1) is 11.3 Å². The molecule has 0 aliphatic carbocycles. The first-order valence-electron chi connectivity index (χ1n) is 8.42. The van der Waals surface area contributed by atoms with Crippen molar-refractivity contribution in [2.24, 2.45) is 0 Å². The second kappa shape index (κ2) is 7.14. The molecule has 0 atom stereocenters. The van der Waals surface area contributed by atoms with E-state index in [1.54, 1.807) is 24.3 Å². The lowest BCUT2D eigenvalue weighted by Gasteiger charge is -2.18. The van der Waals surface area contributed by atoms with Crippen LogP contribution in [0.1, 0.15) is 21.5 Å². The molecule has 0 bridgehead atoms. The number of nitrogens with zero attached hydrogens (tertiary/aromatic N) is 1. The fourth-order valence-corrected chi connectivity index (χ4v) is 3.83. The highest BCUT2D eigenvalue weighted by Gasteiger charge is 2.20. The molecule has 4 nitrogen and oxygen atoms in total. The predicted octanol–water partition coefficient (Wildman–Crippen LogP) is 5.96. The Morgan fingerprint density at radius 3 is 2.37 bits per heavy atom. The standard InChI is InChI=1S/C21H16Cl2N2O2/c22-15-8-16(23)10-18(9-15)25-11-13-5-6-17(7-14(13)12-25)24-20-4-2-1-3-19(20)21(26)27/h1-10,24H,11-12H2,(H,26,27). The molecule has 136 valence electrons. The molecule has 1 aliphatic rings. The number of halogens is 2. The molecule has 27 heavy (non-hydrogen) atoms. The molecule has 1 aliphatic heterocycles. The summed E-state index contributed by atoms with van der Waals surface area (Å²) in [5.74, 6) is -0.955. The van der Waals surface area contributed by atoms with Crippen molar-refractivity contribution < 1.29 is 9.90 Å². The zero-order chi connectivity index (χ0) is 19.0. The summed E-state index contributed by atoms with van der Waals surface area (Å²) in [6.07, 6.45) is 0. The zero-order valence-electron chi connectivity index (χ0n) is 14.2. The molecular weight excluding hydrogens is 383 g/mol. The van der Waals surface area contributed by atoms with Gasteiger partial charge in [0.1, 0.15) is 0 Å². The monoisotopic (exact) mass is 398 g/mol. The fraction of sp³-hybridized carbons (Fsp3) is 0.0952. The first-order chi connectivity index (χ1) is 13.0. The molecule has 0 saturated carbocycles. The van der Waals surface area contributed by atoms with Gasteiger partial charge >= 0.3 is 5.97 Å². The number of nitrogens with one attached hydrogen (secondary N) is 1. The average Bonchev–Trinajstić information content (AvgIpc) is 3.04. The first kappa shape index (κ1) is 17.7. The maximum Gasteiger partial charge on any atom is 0.337 e. The van der Waals surface area contributed by atoms with Gasteiger partial charge in [-0.15, -0.1) is 0 Å². The van der Waals surface area contributed by atoms with Gasteiger partial charge in [0.15, 0.2) is 0 Å². The van der Waals surface area contributed by atoms with E-state index in [4.69, 9.17) is 23.2 Å². The lowest BCUT2D eigenvalue weighted by atomic mass is 10.1. The summed E-state index contributed by atoms with van der Waals surface area (Å²) in [5, 5.41) is 13.8. The third-order valence-electron chi connectivity index (χ3n) is 4.58. The van der Waals surface area contributed by atoms with Crippen molar-refractivity contribution in [3.8, 4) is 0 Å². The molecule has 1 heterocycles. The van der Waals surface area contributed by atoms with Crippen LogP contribution in [0.4, 0.5) is 17.1 Å². The molecule has 0 fully saturated rings. The lowest BCUT2D eigenvalue weighted by Crippen LogP contribution is -2.14. The highest BCUT2D eigenvalue weighted by molar-refractivity contribution is 6.35. The number of aromatic carboxylic acids is 1. The van der Waals surface area contributed by atoms with Gasteiger partial charge in [-0.3, -0.25) is 0 Å². The number of carboxylic acid groups (broad SMARTS) is 1. The zero-order valence-corrected chi connectivity index (χ0v) is 15.8. The van der Waals surface area contributed by atoms with Crippen LogP contribution >= 0.6 is 23.2 Å². The van der Waals surface area contributed by atoms with Crippen molar-refractivity contribution in [3.05, 3.63) is 87.4 Å². The van der Waals surface area contributed by atoms with E-state index in [0.717, 1.165) is 24.5 Å². The van der Waals surface area contributed by atoms with Crippen molar-refractivity contribution >= 4 is 46.2 Å². The van der Waals surface area contributed by atoms with Crippen LogP contribution in [-0.4, -0.2) is 11.1 Å². The molecule has 0 aromatic heterocycles. The normalized spacial score (nSPS) is 12.7. The highest BCUT2D eigenvalue weighted by Crippen LogP contribution is 2.34. The Kier molecular flexibility index (Phi) is 4.68. The van der Waals surface area contributed by atoms with Crippen LogP contribution in [0.15, 0.2) is 60.7 Å². The van der Waals surface area contributed by atoms with E-state index in [9.17, 15) is 9.90 Å². The third kappa shape index (κ3) is 3.72. The van der Waals surface area contributed by atoms with Gasteiger partial charge in [0.2, 0.25) is 0 Å². The number of hydrogen-bond donors (Lipinski definition) is 2. The maximum atomic E-state index is 11.4. The highest BCUT2D eigenvalue weighted by atomic mass is 35.5. The number of hydrogen-bond acceptors (Lipinski definition) is 3. The van der Waals surface area contributed by atoms with Crippen LogP contribution in [-0.2, 0) is 13.1 Å². The summed E-state index contributed by atoms with van der Waals surface area (Å²) in [6, 6.07) is 18.5. The quantitative estimate of drug-likeness (QED) is 0.569. The van der Waals surface area contributed by atoms with E-state index in [2.05, 4.69) is 22.3 Å². The third-order valence-corrected chi connectivity index (χ3v) is 5.01. The van der Waals surface area contributed by atoms with Crippen LogP contribution in [0.3, 0.4) is 0 Å². The molecule has 6 heteroatoms. The van der Waals surface area contributed by atoms with Gasteiger partial charge in [-0.2, -0.15) is 0 Å². The summed E-state index contributed by atoms with van der Waals surface area (Å²) < 4.78 is 0. The van der Waals surface area contributed by atoms with Crippen LogP contribution in [0, 0.1) is 0 Å². The number of carbonyl (C=O) groups is 1. The Morgan fingerprint density at radius 1 is 0.926 bits per heavy atom. The van der Waals surface area contributed by atoms with Crippen molar-refractivity contribution in [2.75, 3.05) is 10.2 Å². The maximum absolute atomic E-state index is 11.4. The minimum atomic E-state index is -0.955. The van der Waals surface area contributed by atoms with E-state index in [-0.39, 0.29) is 5.56 Å². The summed E-state index contributed by atoms with van der Waals surface area (Å²) in [5.41, 5.74) is 5.06. The second-order valence-electron chi connectivity index (χ2n) is 6.44. The predicted molar refractivity (Wildman–Crippen MR) is 109 cm³/mol. The summed E-state index contributed by atoms with van der Waals surface area (Å²) >= 11 is 12.3. The van der Waals surface area contributed by atoms with E-state index in [1.807, 2.05) is 24.3 Å². The number of benzene rings is 3. The van der Waals surface area contributed by atoms with Gasteiger partial charge in [0, 0.05) is 34.5 Å². The number of para-hydroxylation sites is 1. The molecule has 3 aromatic carbocycles. The van der Waals surface area contributed by atoms with E-state index in [0.29, 0.717) is 15.7 Å². The van der Waals surface area contributed by atoms with E-state index in [1.165, 1.54) is 11.1 Å². The Bertz CT molecular complexity index is 1020. The molecule has 0 radical (unpaired) electrons. The molecule has 0 unspecified atom stereocenters. The minimum absolute atomic E-state index is 0.244. The summed E-state index contributed by atoms with van der Waals surface area (Å²) in [7, 11) is 0. The van der Waals surface area contributed by atoms with Crippen LogP contribution < -0.4 is 10.2 Å². The molecule has 0 amide bonds. The molecular formula is C21H16Cl2N2O2. The molecule has 0 spiro atoms. The largest absolute Gasteiger partial charge is 0.478 e. The topological polar surface area (TPSA) is 52.6 Å². The van der Waals surface area contributed by atoms with Gasteiger partial charge in [-0.1, -0.05) is 41.4 Å². The van der Waals surface area contributed by atoms with Gasteiger partial charge in [-0.25, -0.2) is 4.79 Å². The molecule has 2 N–H and O–H groups in total. The average molecular weight is 399 g/mol.